The van der Waals surface area contributed by atoms with Crippen LogP contribution in [0.3, 0.4) is 0 Å². The van der Waals surface area contributed by atoms with Gasteiger partial charge in [-0.25, -0.2) is 0 Å². The van der Waals surface area contributed by atoms with Crippen molar-refractivity contribution in [2.24, 2.45) is 5.41 Å². The number of nitrogens with zero attached hydrogens (tertiary/aromatic N) is 1. The quantitative estimate of drug-likeness (QED) is 0.800. The largest absolute Gasteiger partial charge is 0.397 e. The van der Waals surface area contributed by atoms with Crippen LogP contribution in [0.25, 0.3) is 0 Å². The van der Waals surface area contributed by atoms with E-state index < -0.39 is 0 Å². The first-order valence-corrected chi connectivity index (χ1v) is 6.92. The Balaban J connectivity index is 1.64. The second kappa shape index (κ2) is 4.34. The zero-order chi connectivity index (χ0) is 12.6. The fourth-order valence-electron chi connectivity index (χ4n) is 3.51. The van der Waals surface area contributed by atoms with Crippen molar-refractivity contribution in [2.75, 3.05) is 18.8 Å². The van der Waals surface area contributed by atoms with Crippen LogP contribution in [-0.2, 0) is 0 Å². The maximum absolute atomic E-state index is 12.3. The van der Waals surface area contributed by atoms with Gasteiger partial charge in [-0.1, -0.05) is 12.8 Å². The molecular formula is C14H21N3O. The van der Waals surface area contributed by atoms with Crippen LogP contribution in [0.1, 0.15) is 49.0 Å². The molecule has 2 fully saturated rings. The molecule has 0 bridgehead atoms. The monoisotopic (exact) mass is 247 g/mol. The van der Waals surface area contributed by atoms with E-state index in [2.05, 4.69) is 4.98 Å². The van der Waals surface area contributed by atoms with Crippen molar-refractivity contribution >= 4 is 11.6 Å². The summed E-state index contributed by atoms with van der Waals surface area (Å²) in [6.07, 6.45) is 9.51. The lowest BCUT2D eigenvalue weighted by Gasteiger charge is -2.39. The number of nitrogens with one attached hydrogen (secondary N) is 1. The van der Waals surface area contributed by atoms with Gasteiger partial charge < -0.3 is 15.6 Å². The molecule has 3 rings (SSSR count). The number of carbonyl (C=O) groups is 1. The minimum Gasteiger partial charge on any atom is -0.397 e. The van der Waals surface area contributed by atoms with E-state index in [4.69, 9.17) is 5.73 Å². The number of aromatic amines is 1. The number of nitrogens with two attached hydrogens (primary N) is 1. The number of carbonyl (C=O) groups excluding carboxylic acids is 1. The van der Waals surface area contributed by atoms with Gasteiger partial charge >= 0.3 is 0 Å². The van der Waals surface area contributed by atoms with E-state index in [0.717, 1.165) is 13.1 Å². The van der Waals surface area contributed by atoms with E-state index in [1.807, 2.05) is 4.90 Å². The van der Waals surface area contributed by atoms with Crippen molar-refractivity contribution < 1.29 is 4.79 Å². The molecule has 0 atom stereocenters. The fourth-order valence-corrected chi connectivity index (χ4v) is 3.51. The maximum Gasteiger partial charge on any atom is 0.270 e. The van der Waals surface area contributed by atoms with Gasteiger partial charge in [0, 0.05) is 25.0 Å². The molecule has 4 nitrogen and oxygen atoms in total. The van der Waals surface area contributed by atoms with Crippen molar-refractivity contribution in [2.45, 2.75) is 38.5 Å². The van der Waals surface area contributed by atoms with E-state index in [-0.39, 0.29) is 5.91 Å². The minimum atomic E-state index is 0.0968. The predicted octanol–water partition coefficient (Wildman–Crippen LogP) is 2.39. The summed E-state index contributed by atoms with van der Waals surface area (Å²) in [5.41, 5.74) is 7.45. The number of amides is 1. The Bertz CT molecular complexity index is 436. The molecule has 98 valence electrons. The molecule has 2 heterocycles. The van der Waals surface area contributed by atoms with Crippen LogP contribution in [0, 0.1) is 5.41 Å². The summed E-state index contributed by atoms with van der Waals surface area (Å²) >= 11 is 0. The van der Waals surface area contributed by atoms with Crippen molar-refractivity contribution in [3.8, 4) is 0 Å². The second-order valence-electron chi connectivity index (χ2n) is 5.85. The summed E-state index contributed by atoms with van der Waals surface area (Å²) in [4.78, 5) is 17.2. The van der Waals surface area contributed by atoms with Gasteiger partial charge in [0.25, 0.3) is 5.91 Å². The smallest absolute Gasteiger partial charge is 0.270 e. The highest BCUT2D eigenvalue weighted by molar-refractivity contribution is 5.93. The van der Waals surface area contributed by atoms with Crippen molar-refractivity contribution in [3.05, 3.63) is 18.0 Å². The zero-order valence-corrected chi connectivity index (χ0v) is 10.7. The van der Waals surface area contributed by atoms with Crippen LogP contribution in [0.2, 0.25) is 0 Å². The van der Waals surface area contributed by atoms with Gasteiger partial charge in [0.2, 0.25) is 0 Å². The lowest BCUT2D eigenvalue weighted by atomic mass is 9.77. The number of hydrogen-bond acceptors (Lipinski definition) is 2. The lowest BCUT2D eigenvalue weighted by Crippen LogP contribution is -2.42. The molecular weight excluding hydrogens is 226 g/mol. The van der Waals surface area contributed by atoms with Crippen LogP contribution in [-0.4, -0.2) is 28.9 Å². The van der Waals surface area contributed by atoms with Crippen molar-refractivity contribution in [1.29, 1.82) is 0 Å². The zero-order valence-electron chi connectivity index (χ0n) is 10.7. The average molecular weight is 247 g/mol. The van der Waals surface area contributed by atoms with E-state index in [1.54, 1.807) is 12.3 Å². The third-order valence-corrected chi connectivity index (χ3v) is 4.71. The van der Waals surface area contributed by atoms with Gasteiger partial charge in [-0.15, -0.1) is 0 Å². The Morgan fingerprint density at radius 2 is 1.89 bits per heavy atom. The molecule has 1 spiro atoms. The first-order chi connectivity index (χ1) is 8.69. The number of aromatic nitrogens is 1. The molecule has 0 unspecified atom stereocenters. The van der Waals surface area contributed by atoms with E-state index >= 15 is 0 Å². The standard InChI is InChI=1S/C14H21N3O/c15-11-9-12(16-10-11)13(18)17-7-5-14(6-8-17)3-1-2-4-14/h9-10,16H,1-8,15H2. The minimum absolute atomic E-state index is 0.0968. The molecule has 0 radical (unpaired) electrons. The number of piperidine rings is 1. The van der Waals surface area contributed by atoms with Crippen LogP contribution in [0.15, 0.2) is 12.3 Å². The number of rotatable bonds is 1. The topological polar surface area (TPSA) is 62.1 Å². The molecule has 1 saturated carbocycles. The highest BCUT2D eigenvalue weighted by Crippen LogP contribution is 2.46. The summed E-state index contributed by atoms with van der Waals surface area (Å²) in [5, 5.41) is 0. The number of nitrogen functional groups attached to an aromatic ring is 1. The molecule has 1 aromatic heterocycles. The second-order valence-corrected chi connectivity index (χ2v) is 5.85. The van der Waals surface area contributed by atoms with E-state index in [9.17, 15) is 4.79 Å². The van der Waals surface area contributed by atoms with Gasteiger partial charge in [0.15, 0.2) is 0 Å². The van der Waals surface area contributed by atoms with Gasteiger partial charge in [0.1, 0.15) is 5.69 Å². The third-order valence-electron chi connectivity index (χ3n) is 4.71. The fraction of sp³-hybridized carbons (Fsp3) is 0.643. The van der Waals surface area contributed by atoms with Gasteiger partial charge in [-0.2, -0.15) is 0 Å². The van der Waals surface area contributed by atoms with Crippen LogP contribution < -0.4 is 5.73 Å². The van der Waals surface area contributed by atoms with Gasteiger partial charge in [-0.3, -0.25) is 4.79 Å². The Morgan fingerprint density at radius 1 is 1.22 bits per heavy atom. The van der Waals surface area contributed by atoms with Gasteiger partial charge in [0.05, 0.1) is 0 Å². The molecule has 3 N–H and O–H groups in total. The van der Waals surface area contributed by atoms with Gasteiger partial charge in [-0.05, 0) is 37.2 Å². The summed E-state index contributed by atoms with van der Waals surface area (Å²) in [7, 11) is 0. The molecule has 1 saturated heterocycles. The normalized spacial score (nSPS) is 22.6. The Morgan fingerprint density at radius 3 is 2.44 bits per heavy atom. The number of anilines is 1. The summed E-state index contributed by atoms with van der Waals surface area (Å²) in [6.45, 7) is 1.80. The Kier molecular flexibility index (Phi) is 2.80. The molecule has 1 amide bonds. The third kappa shape index (κ3) is 2.00. The van der Waals surface area contributed by atoms with E-state index in [0.29, 0.717) is 16.8 Å². The van der Waals surface area contributed by atoms with Crippen molar-refractivity contribution in [1.82, 2.24) is 9.88 Å². The predicted molar refractivity (Wildman–Crippen MR) is 71.2 cm³/mol. The Labute approximate surface area is 108 Å². The number of hydrogen-bond donors (Lipinski definition) is 2. The first-order valence-electron chi connectivity index (χ1n) is 6.92. The molecule has 18 heavy (non-hydrogen) atoms. The molecule has 1 aliphatic heterocycles. The highest BCUT2D eigenvalue weighted by Gasteiger charge is 2.38. The molecule has 2 aliphatic rings. The molecule has 1 aromatic rings. The summed E-state index contributed by atoms with van der Waals surface area (Å²) in [5.74, 6) is 0.0968. The maximum atomic E-state index is 12.3. The van der Waals surface area contributed by atoms with E-state index in [1.165, 1.54) is 38.5 Å². The average Bonchev–Trinajstić information content (AvgIpc) is 3.00. The number of likely N-dealkylation sites (tertiary alicyclic amines) is 1. The highest BCUT2D eigenvalue weighted by atomic mass is 16.2. The summed E-state index contributed by atoms with van der Waals surface area (Å²) < 4.78 is 0. The molecule has 4 heteroatoms. The summed E-state index contributed by atoms with van der Waals surface area (Å²) in [6, 6.07) is 1.72. The van der Waals surface area contributed by atoms with Crippen molar-refractivity contribution in [3.63, 3.8) is 0 Å². The molecule has 1 aliphatic carbocycles. The molecule has 0 aromatic carbocycles. The Hall–Kier alpha value is -1.45. The van der Waals surface area contributed by atoms with Crippen LogP contribution in [0.4, 0.5) is 5.69 Å². The SMILES string of the molecule is Nc1c[nH]c(C(=O)N2CCC3(CCCC3)CC2)c1. The van der Waals surface area contributed by atoms with Crippen LogP contribution in [0.5, 0.6) is 0 Å². The lowest BCUT2D eigenvalue weighted by molar-refractivity contribution is 0.0582. The van der Waals surface area contributed by atoms with Crippen LogP contribution >= 0.6 is 0 Å². The first kappa shape index (κ1) is 11.6. The number of H-pyrrole nitrogens is 1.